The number of amides is 1. The van der Waals surface area contributed by atoms with Crippen molar-refractivity contribution in [2.24, 2.45) is 0 Å². The van der Waals surface area contributed by atoms with Gasteiger partial charge in [-0.3, -0.25) is 4.79 Å². The highest BCUT2D eigenvalue weighted by molar-refractivity contribution is 6.32. The van der Waals surface area contributed by atoms with Gasteiger partial charge in [0.15, 0.2) is 11.5 Å². The zero-order valence-corrected chi connectivity index (χ0v) is 16.2. The predicted molar refractivity (Wildman–Crippen MR) is 108 cm³/mol. The summed E-state index contributed by atoms with van der Waals surface area (Å²) in [4.78, 5) is 12.5. The Morgan fingerprint density at radius 3 is 2.50 bits per heavy atom. The number of rotatable bonds is 6. The summed E-state index contributed by atoms with van der Waals surface area (Å²) in [5.41, 5.74) is 2.45. The van der Waals surface area contributed by atoms with Crippen LogP contribution in [0.15, 0.2) is 60.7 Å². The molecule has 0 aliphatic heterocycles. The largest absolute Gasteiger partial charge is 0.493 e. The highest BCUT2D eigenvalue weighted by Gasteiger charge is 2.17. The number of halogens is 2. The summed E-state index contributed by atoms with van der Waals surface area (Å²) in [5.74, 6) is -0.368. The van der Waals surface area contributed by atoms with Crippen LogP contribution in [-0.4, -0.2) is 13.0 Å². The first-order valence-corrected chi connectivity index (χ1v) is 8.97. The average Bonchev–Trinajstić information content (AvgIpc) is 2.69. The minimum atomic E-state index is -0.521. The third kappa shape index (κ3) is 4.61. The predicted octanol–water partition coefficient (Wildman–Crippen LogP) is 5.63. The minimum Gasteiger partial charge on any atom is -0.493 e. The van der Waals surface area contributed by atoms with Gasteiger partial charge in [0.05, 0.1) is 17.8 Å². The Labute approximate surface area is 167 Å². The van der Waals surface area contributed by atoms with Crippen molar-refractivity contribution in [1.29, 1.82) is 0 Å². The minimum absolute atomic E-state index is 0.0855. The number of carbonyl (C=O) groups excluding carboxylic acids is 1. The standard InChI is InChI=1S/C22H19ClFNO3/c1-14-7-9-15(10-8-14)13-28-21-17(23)11-16(12-20(21)27-2)22(26)25-19-6-4-3-5-18(19)24/h3-12H,13H2,1-2H3,(H,25,26). The van der Waals surface area contributed by atoms with Crippen LogP contribution in [0.25, 0.3) is 0 Å². The summed E-state index contributed by atoms with van der Waals surface area (Å²) in [6, 6.07) is 16.8. The van der Waals surface area contributed by atoms with Gasteiger partial charge in [0.2, 0.25) is 0 Å². The van der Waals surface area contributed by atoms with Crippen LogP contribution in [0.2, 0.25) is 5.02 Å². The summed E-state index contributed by atoms with van der Waals surface area (Å²) in [7, 11) is 1.46. The van der Waals surface area contributed by atoms with E-state index in [-0.39, 0.29) is 16.3 Å². The van der Waals surface area contributed by atoms with Crippen LogP contribution in [0.4, 0.5) is 10.1 Å². The van der Waals surface area contributed by atoms with Crippen LogP contribution in [0.1, 0.15) is 21.5 Å². The van der Waals surface area contributed by atoms with Gasteiger partial charge in [-0.05, 0) is 36.8 Å². The number of methoxy groups -OCH3 is 1. The second-order valence-corrected chi connectivity index (χ2v) is 6.60. The lowest BCUT2D eigenvalue weighted by molar-refractivity contribution is 0.102. The fourth-order valence-electron chi connectivity index (χ4n) is 2.59. The highest BCUT2D eigenvalue weighted by atomic mass is 35.5. The number of aryl methyl sites for hydroxylation is 1. The van der Waals surface area contributed by atoms with Gasteiger partial charge in [0.1, 0.15) is 12.4 Å². The van der Waals surface area contributed by atoms with Crippen molar-refractivity contribution in [2.75, 3.05) is 12.4 Å². The molecule has 0 spiro atoms. The monoisotopic (exact) mass is 399 g/mol. The highest BCUT2D eigenvalue weighted by Crippen LogP contribution is 2.37. The Morgan fingerprint density at radius 1 is 1.11 bits per heavy atom. The maximum Gasteiger partial charge on any atom is 0.255 e. The molecule has 3 aromatic rings. The van der Waals surface area contributed by atoms with Gasteiger partial charge < -0.3 is 14.8 Å². The molecule has 144 valence electrons. The molecule has 0 unspecified atom stereocenters. The summed E-state index contributed by atoms with van der Waals surface area (Å²) < 4.78 is 24.9. The van der Waals surface area contributed by atoms with E-state index in [1.165, 1.54) is 31.4 Å². The van der Waals surface area contributed by atoms with Gasteiger partial charge in [0.25, 0.3) is 5.91 Å². The van der Waals surface area contributed by atoms with Crippen LogP contribution in [-0.2, 0) is 6.61 Å². The smallest absolute Gasteiger partial charge is 0.255 e. The van der Waals surface area contributed by atoms with Crippen molar-refractivity contribution in [1.82, 2.24) is 0 Å². The van der Waals surface area contributed by atoms with E-state index in [0.717, 1.165) is 11.1 Å². The normalized spacial score (nSPS) is 10.4. The number of benzene rings is 3. The average molecular weight is 400 g/mol. The lowest BCUT2D eigenvalue weighted by Crippen LogP contribution is -2.13. The third-order valence-corrected chi connectivity index (χ3v) is 4.40. The molecule has 4 nitrogen and oxygen atoms in total. The molecule has 0 aromatic heterocycles. The molecular formula is C22H19ClFNO3. The summed E-state index contributed by atoms with van der Waals surface area (Å²) in [6.45, 7) is 2.31. The van der Waals surface area contributed by atoms with E-state index in [1.54, 1.807) is 12.1 Å². The number of hydrogen-bond donors (Lipinski definition) is 1. The van der Waals surface area contributed by atoms with E-state index in [4.69, 9.17) is 21.1 Å². The van der Waals surface area contributed by atoms with Gasteiger partial charge in [-0.1, -0.05) is 53.6 Å². The molecule has 0 aliphatic carbocycles. The molecule has 1 N–H and O–H groups in total. The van der Waals surface area contributed by atoms with Gasteiger partial charge in [-0.15, -0.1) is 0 Å². The molecule has 3 rings (SSSR count). The van der Waals surface area contributed by atoms with E-state index in [0.29, 0.717) is 18.1 Å². The second kappa shape index (κ2) is 8.76. The zero-order valence-electron chi connectivity index (χ0n) is 15.5. The Morgan fingerprint density at radius 2 is 1.82 bits per heavy atom. The van der Waals surface area contributed by atoms with E-state index < -0.39 is 11.7 Å². The number of nitrogens with one attached hydrogen (secondary N) is 1. The Balaban J connectivity index is 1.79. The number of hydrogen-bond acceptors (Lipinski definition) is 3. The van der Waals surface area contributed by atoms with Crippen molar-refractivity contribution in [3.05, 3.63) is 88.2 Å². The van der Waals surface area contributed by atoms with Crippen molar-refractivity contribution in [3.8, 4) is 11.5 Å². The van der Waals surface area contributed by atoms with Crippen LogP contribution >= 0.6 is 11.6 Å². The van der Waals surface area contributed by atoms with Crippen molar-refractivity contribution in [2.45, 2.75) is 13.5 Å². The maximum atomic E-state index is 13.8. The van der Waals surface area contributed by atoms with Gasteiger partial charge >= 0.3 is 0 Å². The molecule has 0 atom stereocenters. The van der Waals surface area contributed by atoms with Crippen LogP contribution in [0.5, 0.6) is 11.5 Å². The maximum absolute atomic E-state index is 13.8. The quantitative estimate of drug-likeness (QED) is 0.584. The number of para-hydroxylation sites is 1. The van der Waals surface area contributed by atoms with E-state index >= 15 is 0 Å². The van der Waals surface area contributed by atoms with Crippen molar-refractivity contribution in [3.63, 3.8) is 0 Å². The molecule has 1 amide bonds. The molecule has 0 aliphatic rings. The van der Waals surface area contributed by atoms with Gasteiger partial charge in [-0.25, -0.2) is 4.39 Å². The van der Waals surface area contributed by atoms with Crippen molar-refractivity contribution < 1.29 is 18.7 Å². The van der Waals surface area contributed by atoms with Crippen LogP contribution < -0.4 is 14.8 Å². The fourth-order valence-corrected chi connectivity index (χ4v) is 2.85. The lowest BCUT2D eigenvalue weighted by Gasteiger charge is -2.14. The van der Waals surface area contributed by atoms with Gasteiger partial charge in [0, 0.05) is 5.56 Å². The van der Waals surface area contributed by atoms with E-state index in [1.807, 2.05) is 31.2 Å². The Kier molecular flexibility index (Phi) is 6.16. The lowest BCUT2D eigenvalue weighted by atomic mass is 10.1. The first-order valence-electron chi connectivity index (χ1n) is 8.59. The van der Waals surface area contributed by atoms with Gasteiger partial charge in [-0.2, -0.15) is 0 Å². The number of ether oxygens (including phenoxy) is 2. The number of carbonyl (C=O) groups is 1. The molecule has 0 saturated carbocycles. The molecule has 3 aromatic carbocycles. The fraction of sp³-hybridized carbons (Fsp3) is 0.136. The molecule has 6 heteroatoms. The number of anilines is 1. The molecule has 0 bridgehead atoms. The van der Waals surface area contributed by atoms with E-state index in [2.05, 4.69) is 5.32 Å². The first-order chi connectivity index (χ1) is 13.5. The third-order valence-electron chi connectivity index (χ3n) is 4.12. The molecule has 0 radical (unpaired) electrons. The first kappa shape index (κ1) is 19.7. The van der Waals surface area contributed by atoms with Crippen LogP contribution in [0, 0.1) is 12.7 Å². The Bertz CT molecular complexity index is 990. The topological polar surface area (TPSA) is 47.6 Å². The second-order valence-electron chi connectivity index (χ2n) is 6.20. The van der Waals surface area contributed by atoms with E-state index in [9.17, 15) is 9.18 Å². The SMILES string of the molecule is COc1cc(C(=O)Nc2ccccc2F)cc(Cl)c1OCc1ccc(C)cc1. The zero-order chi connectivity index (χ0) is 20.1. The molecular weight excluding hydrogens is 381 g/mol. The van der Waals surface area contributed by atoms with Crippen molar-refractivity contribution >= 4 is 23.2 Å². The summed E-state index contributed by atoms with van der Waals surface area (Å²) >= 11 is 6.32. The molecule has 28 heavy (non-hydrogen) atoms. The summed E-state index contributed by atoms with van der Waals surface area (Å²) in [6.07, 6.45) is 0. The van der Waals surface area contributed by atoms with Crippen LogP contribution in [0.3, 0.4) is 0 Å². The Hall–Kier alpha value is -3.05. The molecule has 0 heterocycles. The summed E-state index contributed by atoms with van der Waals surface area (Å²) in [5, 5.41) is 2.75. The molecule has 0 fully saturated rings. The molecule has 0 saturated heterocycles.